The molecule has 1 aromatic carbocycles. The zero-order chi connectivity index (χ0) is 13.7. The average Bonchev–Trinajstić information content (AvgIpc) is 2.35. The van der Waals surface area contributed by atoms with Crippen LogP contribution >= 0.6 is 11.6 Å². The first-order valence-electron chi connectivity index (χ1n) is 4.87. The van der Waals surface area contributed by atoms with Gasteiger partial charge in [-0.2, -0.15) is 5.10 Å². The van der Waals surface area contributed by atoms with Crippen LogP contribution in [0.2, 0.25) is 0 Å². The number of hydrogen-bond acceptors (Lipinski definition) is 5. The molecule has 1 amide bonds. The van der Waals surface area contributed by atoms with Crippen molar-refractivity contribution >= 4 is 34.1 Å². The highest BCUT2D eigenvalue weighted by atomic mass is 35.5. The zero-order valence-electron chi connectivity index (χ0n) is 9.75. The first-order valence-corrected chi connectivity index (χ1v) is 5.25. The minimum Gasteiger partial charge on any atom is -0.343 e. The molecule has 0 saturated carbocycles. The van der Waals surface area contributed by atoms with Crippen LogP contribution in [0, 0.1) is 10.1 Å². The summed E-state index contributed by atoms with van der Waals surface area (Å²) in [5.41, 5.74) is 2.41. The maximum Gasteiger partial charge on any atom is 0.294 e. The number of amides is 1. The van der Waals surface area contributed by atoms with E-state index < -0.39 is 10.8 Å². The van der Waals surface area contributed by atoms with Gasteiger partial charge in [-0.15, -0.1) is 0 Å². The molecule has 0 unspecified atom stereocenters. The van der Waals surface area contributed by atoms with Crippen molar-refractivity contribution in [1.82, 2.24) is 4.90 Å². The summed E-state index contributed by atoms with van der Waals surface area (Å²) in [6.07, 6.45) is 0. The van der Waals surface area contributed by atoms with Gasteiger partial charge in [0.05, 0.1) is 4.92 Å². The molecule has 0 radical (unpaired) electrons. The van der Waals surface area contributed by atoms with Crippen molar-refractivity contribution in [2.75, 3.05) is 19.5 Å². The minimum absolute atomic E-state index is 0.150. The van der Waals surface area contributed by atoms with Gasteiger partial charge in [-0.1, -0.05) is 23.7 Å². The van der Waals surface area contributed by atoms with Crippen molar-refractivity contribution < 1.29 is 9.72 Å². The molecule has 0 heterocycles. The van der Waals surface area contributed by atoms with Gasteiger partial charge >= 0.3 is 0 Å². The van der Waals surface area contributed by atoms with E-state index in [1.165, 1.54) is 37.2 Å². The zero-order valence-corrected chi connectivity index (χ0v) is 10.5. The molecule has 0 spiro atoms. The van der Waals surface area contributed by atoms with E-state index in [1.54, 1.807) is 6.07 Å². The summed E-state index contributed by atoms with van der Waals surface area (Å²) >= 11 is 5.63. The molecule has 96 valence electrons. The number of anilines is 1. The Bertz CT molecular complexity index is 502. The smallest absolute Gasteiger partial charge is 0.294 e. The first-order chi connectivity index (χ1) is 8.43. The van der Waals surface area contributed by atoms with Gasteiger partial charge in [0.25, 0.3) is 11.6 Å². The number of carbonyl (C=O) groups excluding carboxylic acids is 1. The number of hydrogen-bond donors (Lipinski definition) is 1. The standard InChI is InChI=1S/C10H11ClN4O3/c1-14(2)10(16)9(11)13-12-7-5-3-4-6-8(7)15(17)18/h3-6,12H,1-2H3/b13-9+. The lowest BCUT2D eigenvalue weighted by Crippen LogP contribution is -2.27. The lowest BCUT2D eigenvalue weighted by Gasteiger charge is -2.08. The van der Waals surface area contributed by atoms with Crippen LogP contribution in [0.4, 0.5) is 11.4 Å². The van der Waals surface area contributed by atoms with Crippen molar-refractivity contribution in [3.8, 4) is 0 Å². The molecule has 8 heteroatoms. The normalized spacial score (nSPS) is 10.9. The van der Waals surface area contributed by atoms with Gasteiger partial charge in [0.2, 0.25) is 5.17 Å². The molecule has 0 aromatic heterocycles. The Hall–Kier alpha value is -2.15. The Morgan fingerprint density at radius 2 is 2.06 bits per heavy atom. The summed E-state index contributed by atoms with van der Waals surface area (Å²) in [6, 6.07) is 5.91. The molecule has 0 aliphatic rings. The summed E-state index contributed by atoms with van der Waals surface area (Å²) in [7, 11) is 3.04. The maximum atomic E-state index is 11.4. The number of nitrogens with one attached hydrogen (secondary N) is 1. The molecule has 1 N–H and O–H groups in total. The fourth-order valence-corrected chi connectivity index (χ4v) is 1.28. The number of nitro groups is 1. The fourth-order valence-electron chi connectivity index (χ4n) is 1.07. The van der Waals surface area contributed by atoms with Crippen LogP contribution in [0.1, 0.15) is 0 Å². The highest BCUT2D eigenvalue weighted by Gasteiger charge is 2.14. The van der Waals surface area contributed by atoms with Crippen LogP contribution in [0.25, 0.3) is 0 Å². The van der Waals surface area contributed by atoms with Crippen molar-refractivity contribution in [2.24, 2.45) is 5.10 Å². The lowest BCUT2D eigenvalue weighted by molar-refractivity contribution is -0.384. The van der Waals surface area contributed by atoms with E-state index in [1.807, 2.05) is 0 Å². The van der Waals surface area contributed by atoms with Crippen molar-refractivity contribution in [2.45, 2.75) is 0 Å². The Morgan fingerprint density at radius 3 is 2.61 bits per heavy atom. The second-order valence-electron chi connectivity index (χ2n) is 3.49. The van der Waals surface area contributed by atoms with Crippen LogP contribution in [0.5, 0.6) is 0 Å². The minimum atomic E-state index is -0.556. The van der Waals surface area contributed by atoms with Gasteiger partial charge in [0, 0.05) is 20.2 Å². The average molecular weight is 271 g/mol. The lowest BCUT2D eigenvalue weighted by atomic mass is 10.3. The van der Waals surface area contributed by atoms with Crippen LogP contribution in [0.15, 0.2) is 29.4 Å². The molecule has 0 saturated heterocycles. The van der Waals surface area contributed by atoms with E-state index in [0.29, 0.717) is 0 Å². The van der Waals surface area contributed by atoms with E-state index in [0.717, 1.165) is 0 Å². The molecule has 0 fully saturated rings. The number of rotatable bonds is 4. The van der Waals surface area contributed by atoms with E-state index in [4.69, 9.17) is 11.6 Å². The second-order valence-corrected chi connectivity index (χ2v) is 3.85. The number of carbonyl (C=O) groups is 1. The van der Waals surface area contributed by atoms with E-state index in [9.17, 15) is 14.9 Å². The van der Waals surface area contributed by atoms with Gasteiger partial charge in [0.15, 0.2) is 0 Å². The Morgan fingerprint density at radius 1 is 1.44 bits per heavy atom. The predicted octanol–water partition coefficient (Wildman–Crippen LogP) is 1.65. The highest BCUT2D eigenvalue weighted by Crippen LogP contribution is 2.23. The van der Waals surface area contributed by atoms with Crippen molar-refractivity contribution in [3.63, 3.8) is 0 Å². The van der Waals surface area contributed by atoms with Crippen molar-refractivity contribution in [1.29, 1.82) is 0 Å². The van der Waals surface area contributed by atoms with E-state index in [2.05, 4.69) is 10.5 Å². The molecule has 18 heavy (non-hydrogen) atoms. The first kappa shape index (κ1) is 13.9. The number of halogens is 1. The second kappa shape index (κ2) is 5.97. The maximum absolute atomic E-state index is 11.4. The quantitative estimate of drug-likeness (QED) is 0.512. The third-order valence-electron chi connectivity index (χ3n) is 1.96. The Kier molecular flexibility index (Phi) is 4.61. The molecule has 0 atom stereocenters. The topological polar surface area (TPSA) is 87.8 Å². The number of benzene rings is 1. The molecule has 1 rings (SSSR count). The third kappa shape index (κ3) is 3.42. The largest absolute Gasteiger partial charge is 0.343 e. The highest BCUT2D eigenvalue weighted by molar-refractivity contribution is 6.82. The fraction of sp³-hybridized carbons (Fsp3) is 0.200. The molecular formula is C10H11ClN4O3. The summed E-state index contributed by atoms with van der Waals surface area (Å²) in [4.78, 5) is 22.8. The predicted molar refractivity (Wildman–Crippen MR) is 68.7 cm³/mol. The summed E-state index contributed by atoms with van der Waals surface area (Å²) in [6.45, 7) is 0. The summed E-state index contributed by atoms with van der Waals surface area (Å²) < 4.78 is 0. The van der Waals surface area contributed by atoms with Gasteiger partial charge < -0.3 is 4.90 Å². The number of para-hydroxylation sites is 2. The number of hydrazone groups is 1. The SMILES string of the molecule is CN(C)C(=O)/C(Cl)=N\Nc1ccccc1[N+](=O)[O-]. The van der Waals surface area contributed by atoms with E-state index in [-0.39, 0.29) is 16.5 Å². The third-order valence-corrected chi connectivity index (χ3v) is 2.20. The van der Waals surface area contributed by atoms with Crippen molar-refractivity contribution in [3.05, 3.63) is 34.4 Å². The van der Waals surface area contributed by atoms with Gasteiger partial charge in [-0.25, -0.2) is 0 Å². The van der Waals surface area contributed by atoms with Gasteiger partial charge in [-0.05, 0) is 6.07 Å². The summed E-state index contributed by atoms with van der Waals surface area (Å²) in [5, 5.41) is 14.0. The molecule has 1 aromatic rings. The molecule has 0 aliphatic heterocycles. The van der Waals surface area contributed by atoms with E-state index >= 15 is 0 Å². The van der Waals surface area contributed by atoms with Crippen LogP contribution in [0.3, 0.4) is 0 Å². The van der Waals surface area contributed by atoms with Gasteiger partial charge in [0.1, 0.15) is 5.69 Å². The van der Waals surface area contributed by atoms with Gasteiger partial charge in [-0.3, -0.25) is 20.3 Å². The molecule has 7 nitrogen and oxygen atoms in total. The van der Waals surface area contributed by atoms with Crippen LogP contribution < -0.4 is 5.43 Å². The molecular weight excluding hydrogens is 260 g/mol. The molecule has 0 bridgehead atoms. The molecule has 0 aliphatic carbocycles. The number of nitrogens with zero attached hydrogens (tertiary/aromatic N) is 3. The Labute approximate surface area is 108 Å². The van der Waals surface area contributed by atoms with Crippen LogP contribution in [-0.4, -0.2) is 35.0 Å². The monoisotopic (exact) mass is 270 g/mol. The Balaban J connectivity index is 2.90. The number of nitro benzene ring substituents is 1. The summed E-state index contributed by atoms with van der Waals surface area (Å²) in [5.74, 6) is -0.497. The van der Waals surface area contributed by atoms with Crippen LogP contribution in [-0.2, 0) is 4.79 Å².